The second-order valence-electron chi connectivity index (χ2n) is 5.07. The summed E-state index contributed by atoms with van der Waals surface area (Å²) in [6.45, 7) is 3.19. The van der Waals surface area contributed by atoms with Crippen molar-refractivity contribution >= 4 is 11.6 Å². The fourth-order valence-electron chi connectivity index (χ4n) is 2.31. The van der Waals surface area contributed by atoms with Crippen molar-refractivity contribution in [2.45, 2.75) is 37.4 Å². The van der Waals surface area contributed by atoms with Crippen LogP contribution in [0.4, 0.5) is 0 Å². The maximum absolute atomic E-state index is 6.20. The number of hydrogen-bond donors (Lipinski definition) is 0. The molecule has 0 heterocycles. The maximum atomic E-state index is 6.20. The maximum Gasteiger partial charge on any atom is 0.161 e. The fourth-order valence-corrected chi connectivity index (χ4v) is 2.72. The van der Waals surface area contributed by atoms with Crippen LogP contribution in [0.1, 0.15) is 18.9 Å². The summed E-state index contributed by atoms with van der Waals surface area (Å²) in [5.41, 5.74) is 1.22. The Morgan fingerprint density at radius 1 is 1.19 bits per heavy atom. The lowest BCUT2D eigenvalue weighted by atomic mass is 9.91. The molecule has 21 heavy (non-hydrogen) atoms. The van der Waals surface area contributed by atoms with E-state index in [-0.39, 0.29) is 17.6 Å². The van der Waals surface area contributed by atoms with Gasteiger partial charge in [-0.3, -0.25) is 0 Å². The predicted octanol–water partition coefficient (Wildman–Crippen LogP) is 3.05. The third-order valence-electron chi connectivity index (χ3n) is 3.69. The van der Waals surface area contributed by atoms with Gasteiger partial charge in [0.25, 0.3) is 0 Å². The lowest BCUT2D eigenvalue weighted by Gasteiger charge is -2.40. The first-order valence-corrected chi connectivity index (χ1v) is 7.71. The van der Waals surface area contributed by atoms with Gasteiger partial charge in [-0.15, -0.1) is 11.6 Å². The number of ether oxygens (including phenoxy) is 4. The van der Waals surface area contributed by atoms with Crippen LogP contribution in [0.3, 0.4) is 0 Å². The average Bonchev–Trinajstić information content (AvgIpc) is 2.51. The third-order valence-corrected chi connectivity index (χ3v) is 4.12. The molecule has 118 valence electrons. The van der Waals surface area contributed by atoms with Gasteiger partial charge in [0.1, 0.15) is 12.2 Å². The van der Waals surface area contributed by atoms with E-state index in [1.807, 2.05) is 12.1 Å². The summed E-state index contributed by atoms with van der Waals surface area (Å²) in [7, 11) is 3.30. The first-order valence-electron chi connectivity index (χ1n) is 7.27. The molecule has 1 aliphatic rings. The lowest BCUT2D eigenvalue weighted by molar-refractivity contribution is -0.0903. The Kier molecular flexibility index (Phi) is 6.15. The van der Waals surface area contributed by atoms with E-state index >= 15 is 0 Å². The molecule has 0 amide bonds. The van der Waals surface area contributed by atoms with Crippen LogP contribution in [-0.2, 0) is 15.9 Å². The number of benzene rings is 1. The summed E-state index contributed by atoms with van der Waals surface area (Å²) in [6, 6.07) is 6.01. The minimum Gasteiger partial charge on any atom is -0.493 e. The Hall–Kier alpha value is -0.970. The van der Waals surface area contributed by atoms with Crippen LogP contribution in [0.15, 0.2) is 18.2 Å². The highest BCUT2D eigenvalue weighted by Crippen LogP contribution is 2.36. The van der Waals surface area contributed by atoms with Crippen molar-refractivity contribution in [1.29, 1.82) is 0 Å². The fraction of sp³-hybridized carbons (Fsp3) is 0.625. The zero-order valence-electron chi connectivity index (χ0n) is 12.8. The van der Waals surface area contributed by atoms with Crippen LogP contribution in [0.5, 0.6) is 11.5 Å². The first kappa shape index (κ1) is 16.4. The van der Waals surface area contributed by atoms with E-state index in [0.29, 0.717) is 13.2 Å². The smallest absolute Gasteiger partial charge is 0.161 e. The molecule has 0 aliphatic heterocycles. The molecule has 1 fully saturated rings. The van der Waals surface area contributed by atoms with Gasteiger partial charge in [0.15, 0.2) is 11.5 Å². The highest BCUT2D eigenvalue weighted by molar-refractivity contribution is 6.21. The number of rotatable bonds is 8. The van der Waals surface area contributed by atoms with Gasteiger partial charge in [0, 0.05) is 13.5 Å². The molecular formula is C16H23ClO4. The molecular weight excluding hydrogens is 292 g/mol. The summed E-state index contributed by atoms with van der Waals surface area (Å²) in [4.78, 5) is 0. The quantitative estimate of drug-likeness (QED) is 0.546. The topological polar surface area (TPSA) is 36.9 Å². The molecule has 5 heteroatoms. The Morgan fingerprint density at radius 2 is 2.00 bits per heavy atom. The summed E-state index contributed by atoms with van der Waals surface area (Å²) < 4.78 is 22.1. The molecule has 1 aliphatic carbocycles. The van der Waals surface area contributed by atoms with Crippen molar-refractivity contribution in [3.8, 4) is 11.5 Å². The van der Waals surface area contributed by atoms with Crippen LogP contribution in [-0.4, -0.2) is 45.0 Å². The van der Waals surface area contributed by atoms with E-state index in [2.05, 4.69) is 13.0 Å². The van der Waals surface area contributed by atoms with Crippen LogP contribution in [0.2, 0.25) is 0 Å². The molecule has 0 saturated heterocycles. The molecule has 2 rings (SSSR count). The van der Waals surface area contributed by atoms with Crippen molar-refractivity contribution < 1.29 is 18.9 Å². The molecule has 0 N–H and O–H groups in total. The van der Waals surface area contributed by atoms with E-state index < -0.39 is 0 Å². The zero-order chi connectivity index (χ0) is 15.2. The predicted molar refractivity (Wildman–Crippen MR) is 82.7 cm³/mol. The highest BCUT2D eigenvalue weighted by atomic mass is 35.5. The van der Waals surface area contributed by atoms with Crippen molar-refractivity contribution in [1.82, 2.24) is 0 Å². The lowest BCUT2D eigenvalue weighted by Crippen LogP contribution is -2.53. The molecule has 0 spiro atoms. The van der Waals surface area contributed by atoms with Crippen molar-refractivity contribution in [2.75, 3.05) is 27.4 Å². The van der Waals surface area contributed by atoms with Gasteiger partial charge in [0.05, 0.1) is 25.7 Å². The number of hydrogen-bond acceptors (Lipinski definition) is 4. The van der Waals surface area contributed by atoms with Gasteiger partial charge < -0.3 is 18.9 Å². The SMILES string of the molecule is CCc1ccc(OC2CC(Cl)C2OCCOC)c(OC)c1. The molecule has 4 nitrogen and oxygen atoms in total. The Bertz CT molecular complexity index is 452. The van der Waals surface area contributed by atoms with Crippen LogP contribution < -0.4 is 9.47 Å². The third kappa shape index (κ3) is 4.02. The zero-order valence-corrected chi connectivity index (χ0v) is 13.6. The molecule has 0 aromatic heterocycles. The van der Waals surface area contributed by atoms with Crippen molar-refractivity contribution in [2.24, 2.45) is 0 Å². The van der Waals surface area contributed by atoms with Gasteiger partial charge in [-0.25, -0.2) is 0 Å². The van der Waals surface area contributed by atoms with E-state index in [4.69, 9.17) is 30.5 Å². The molecule has 3 atom stereocenters. The molecule has 1 aromatic rings. The Morgan fingerprint density at radius 3 is 2.62 bits per heavy atom. The number of alkyl halides is 1. The van der Waals surface area contributed by atoms with E-state index in [1.54, 1.807) is 14.2 Å². The van der Waals surface area contributed by atoms with Gasteiger partial charge in [-0.1, -0.05) is 13.0 Å². The Labute approximate surface area is 131 Å². The van der Waals surface area contributed by atoms with E-state index in [1.165, 1.54) is 5.56 Å². The van der Waals surface area contributed by atoms with E-state index in [0.717, 1.165) is 24.3 Å². The summed E-state index contributed by atoms with van der Waals surface area (Å²) in [5.74, 6) is 1.49. The number of aryl methyl sites for hydroxylation is 1. The molecule has 0 radical (unpaired) electrons. The van der Waals surface area contributed by atoms with Gasteiger partial charge in [0.2, 0.25) is 0 Å². The van der Waals surface area contributed by atoms with Crippen LogP contribution in [0.25, 0.3) is 0 Å². The van der Waals surface area contributed by atoms with Crippen LogP contribution >= 0.6 is 11.6 Å². The largest absolute Gasteiger partial charge is 0.493 e. The van der Waals surface area contributed by atoms with Gasteiger partial charge in [-0.2, -0.15) is 0 Å². The normalized spacial score (nSPS) is 24.5. The second-order valence-corrected chi connectivity index (χ2v) is 5.64. The first-order chi connectivity index (χ1) is 10.2. The second kappa shape index (κ2) is 7.87. The van der Waals surface area contributed by atoms with Crippen molar-refractivity contribution in [3.63, 3.8) is 0 Å². The molecule has 1 saturated carbocycles. The number of halogens is 1. The van der Waals surface area contributed by atoms with Crippen molar-refractivity contribution in [3.05, 3.63) is 23.8 Å². The van der Waals surface area contributed by atoms with Crippen LogP contribution in [0, 0.1) is 0 Å². The molecule has 3 unspecified atom stereocenters. The Balaban J connectivity index is 1.97. The minimum absolute atomic E-state index is 0.00670. The van der Waals surface area contributed by atoms with Gasteiger partial charge >= 0.3 is 0 Å². The monoisotopic (exact) mass is 314 g/mol. The van der Waals surface area contributed by atoms with Gasteiger partial charge in [-0.05, 0) is 24.1 Å². The summed E-state index contributed by atoms with van der Waals surface area (Å²) in [5, 5.41) is -0.00670. The van der Waals surface area contributed by atoms with E-state index in [9.17, 15) is 0 Å². The summed E-state index contributed by atoms with van der Waals surface area (Å²) in [6.07, 6.45) is 1.60. The minimum atomic E-state index is -0.0997. The standard InChI is InChI=1S/C16H23ClO4/c1-4-11-5-6-13(14(9-11)19-3)21-15-10-12(17)16(15)20-8-7-18-2/h5-6,9,12,15-16H,4,7-8,10H2,1-3H3. The highest BCUT2D eigenvalue weighted by Gasteiger charge is 2.43. The molecule has 0 bridgehead atoms. The molecule has 1 aromatic carbocycles. The summed E-state index contributed by atoms with van der Waals surface area (Å²) >= 11 is 6.20. The number of methoxy groups -OCH3 is 2. The average molecular weight is 315 g/mol.